The highest BCUT2D eigenvalue weighted by Crippen LogP contribution is 2.27. The van der Waals surface area contributed by atoms with Crippen LogP contribution in [-0.2, 0) is 0 Å². The Morgan fingerprint density at radius 1 is 1.33 bits per heavy atom. The minimum absolute atomic E-state index is 0.147. The van der Waals surface area contributed by atoms with Gasteiger partial charge in [0.2, 0.25) is 0 Å². The van der Waals surface area contributed by atoms with Crippen molar-refractivity contribution in [3.63, 3.8) is 0 Å². The van der Waals surface area contributed by atoms with Gasteiger partial charge < -0.3 is 16.4 Å². The summed E-state index contributed by atoms with van der Waals surface area (Å²) in [7, 11) is 0. The molecule has 1 aliphatic rings. The van der Waals surface area contributed by atoms with Gasteiger partial charge in [-0.1, -0.05) is 26.2 Å². The zero-order valence-electron chi connectivity index (χ0n) is 12.7. The quantitative estimate of drug-likeness (QED) is 0.563. The Bertz CT molecular complexity index is 473. The first-order chi connectivity index (χ1) is 10.2. The maximum atomic E-state index is 12.1. The number of hydrogen-bond donors (Lipinski definition) is 3. The molecule has 0 aromatic heterocycles. The standard InChI is InChI=1S/C16H25N3OS/c1-2-10-21-13-8-9-14(17)15(11-13)19-16(20)18-12-6-4-3-5-7-12/h8-9,11-12H,2-7,10,17H2,1H3,(H2,18,19,20). The van der Waals surface area contributed by atoms with Crippen LogP contribution in [0.3, 0.4) is 0 Å². The maximum absolute atomic E-state index is 12.1. The largest absolute Gasteiger partial charge is 0.397 e. The van der Waals surface area contributed by atoms with Crippen molar-refractivity contribution in [1.29, 1.82) is 0 Å². The van der Waals surface area contributed by atoms with E-state index in [9.17, 15) is 4.79 Å². The molecule has 0 bridgehead atoms. The van der Waals surface area contributed by atoms with Gasteiger partial charge in [0.15, 0.2) is 0 Å². The van der Waals surface area contributed by atoms with Gasteiger partial charge in [-0.05, 0) is 43.2 Å². The fourth-order valence-electron chi connectivity index (χ4n) is 2.54. The summed E-state index contributed by atoms with van der Waals surface area (Å²) >= 11 is 1.78. The summed E-state index contributed by atoms with van der Waals surface area (Å²) in [6, 6.07) is 5.97. The molecule has 0 aliphatic heterocycles. The van der Waals surface area contributed by atoms with Crippen LogP contribution in [0.1, 0.15) is 45.4 Å². The molecule has 0 radical (unpaired) electrons. The van der Waals surface area contributed by atoms with Gasteiger partial charge in [0.1, 0.15) is 0 Å². The first-order valence-corrected chi connectivity index (χ1v) is 8.77. The number of nitrogen functional groups attached to an aromatic ring is 1. The average molecular weight is 307 g/mol. The van der Waals surface area contributed by atoms with E-state index in [1.807, 2.05) is 18.2 Å². The predicted octanol–water partition coefficient (Wildman–Crippen LogP) is 4.23. The molecule has 1 aliphatic carbocycles. The molecular formula is C16H25N3OS. The summed E-state index contributed by atoms with van der Waals surface area (Å²) in [4.78, 5) is 13.2. The number of carbonyl (C=O) groups is 1. The predicted molar refractivity (Wildman–Crippen MR) is 90.9 cm³/mol. The Morgan fingerprint density at radius 3 is 2.81 bits per heavy atom. The van der Waals surface area contributed by atoms with E-state index in [1.54, 1.807) is 11.8 Å². The second-order valence-electron chi connectivity index (χ2n) is 5.53. The number of carbonyl (C=O) groups excluding carboxylic acids is 1. The molecule has 21 heavy (non-hydrogen) atoms. The molecule has 1 aromatic rings. The van der Waals surface area contributed by atoms with Crippen molar-refractivity contribution < 1.29 is 4.79 Å². The lowest BCUT2D eigenvalue weighted by Crippen LogP contribution is -2.39. The van der Waals surface area contributed by atoms with Crippen LogP contribution in [0.2, 0.25) is 0 Å². The summed E-state index contributed by atoms with van der Waals surface area (Å²) in [5, 5.41) is 5.93. The number of urea groups is 1. The summed E-state index contributed by atoms with van der Waals surface area (Å²) in [5.41, 5.74) is 7.25. The van der Waals surface area contributed by atoms with Crippen molar-refractivity contribution in [2.24, 2.45) is 0 Å². The molecule has 0 heterocycles. The number of nitrogens with one attached hydrogen (secondary N) is 2. The highest BCUT2D eigenvalue weighted by atomic mass is 32.2. The molecule has 4 N–H and O–H groups in total. The number of amides is 2. The van der Waals surface area contributed by atoms with Crippen LogP contribution in [0.5, 0.6) is 0 Å². The zero-order valence-corrected chi connectivity index (χ0v) is 13.5. The zero-order chi connectivity index (χ0) is 15.1. The van der Waals surface area contributed by atoms with Crippen molar-refractivity contribution in [2.75, 3.05) is 16.8 Å². The van der Waals surface area contributed by atoms with Gasteiger partial charge in [0, 0.05) is 10.9 Å². The van der Waals surface area contributed by atoms with Gasteiger partial charge in [-0.3, -0.25) is 0 Å². The molecule has 0 spiro atoms. The average Bonchev–Trinajstić information content (AvgIpc) is 2.49. The number of nitrogens with two attached hydrogens (primary N) is 1. The van der Waals surface area contributed by atoms with Crippen LogP contribution in [0, 0.1) is 0 Å². The summed E-state index contributed by atoms with van der Waals surface area (Å²) in [5.74, 6) is 1.07. The Balaban J connectivity index is 1.92. The molecular weight excluding hydrogens is 282 g/mol. The van der Waals surface area contributed by atoms with Crippen LogP contribution in [0.4, 0.5) is 16.2 Å². The third-order valence-electron chi connectivity index (χ3n) is 3.69. The SMILES string of the molecule is CCCSc1ccc(N)c(NC(=O)NC2CCCCC2)c1. The Morgan fingerprint density at radius 2 is 2.10 bits per heavy atom. The van der Waals surface area contributed by atoms with Crippen molar-refractivity contribution >= 4 is 29.2 Å². The molecule has 0 atom stereocenters. The van der Waals surface area contributed by atoms with E-state index in [-0.39, 0.29) is 6.03 Å². The maximum Gasteiger partial charge on any atom is 0.319 e. The number of hydrogen-bond acceptors (Lipinski definition) is 3. The third-order valence-corrected chi connectivity index (χ3v) is 4.89. The number of benzene rings is 1. The van der Waals surface area contributed by atoms with Crippen LogP contribution in [-0.4, -0.2) is 17.8 Å². The molecule has 2 rings (SSSR count). The van der Waals surface area contributed by atoms with Crippen molar-refractivity contribution in [1.82, 2.24) is 5.32 Å². The molecule has 5 heteroatoms. The molecule has 116 valence electrons. The Kier molecular flexibility index (Phi) is 6.23. The Hall–Kier alpha value is -1.36. The second kappa shape index (κ2) is 8.17. The second-order valence-corrected chi connectivity index (χ2v) is 6.70. The van der Waals surface area contributed by atoms with Gasteiger partial charge in [-0.25, -0.2) is 4.79 Å². The monoisotopic (exact) mass is 307 g/mol. The summed E-state index contributed by atoms with van der Waals surface area (Å²) in [6.07, 6.45) is 6.97. The first-order valence-electron chi connectivity index (χ1n) is 7.79. The molecule has 2 amide bonds. The van der Waals surface area contributed by atoms with E-state index >= 15 is 0 Å². The number of anilines is 2. The van der Waals surface area contributed by atoms with Crippen molar-refractivity contribution in [2.45, 2.75) is 56.4 Å². The van der Waals surface area contributed by atoms with Gasteiger partial charge in [0.05, 0.1) is 11.4 Å². The molecule has 1 aromatic carbocycles. The molecule has 1 fully saturated rings. The highest BCUT2D eigenvalue weighted by molar-refractivity contribution is 7.99. The van der Waals surface area contributed by atoms with Gasteiger partial charge >= 0.3 is 6.03 Å². The van der Waals surface area contributed by atoms with E-state index < -0.39 is 0 Å². The van der Waals surface area contributed by atoms with Crippen LogP contribution < -0.4 is 16.4 Å². The summed E-state index contributed by atoms with van der Waals surface area (Å²) in [6.45, 7) is 2.15. The number of rotatable bonds is 5. The fourth-order valence-corrected chi connectivity index (χ4v) is 3.35. The Labute approximate surface area is 131 Å². The third kappa shape index (κ3) is 5.16. The molecule has 4 nitrogen and oxygen atoms in total. The van der Waals surface area contributed by atoms with Crippen LogP contribution in [0.25, 0.3) is 0 Å². The normalized spacial score (nSPS) is 15.7. The van der Waals surface area contributed by atoms with Crippen LogP contribution >= 0.6 is 11.8 Å². The topological polar surface area (TPSA) is 67.1 Å². The van der Waals surface area contributed by atoms with E-state index in [0.717, 1.165) is 29.9 Å². The minimum Gasteiger partial charge on any atom is -0.397 e. The van der Waals surface area contributed by atoms with Crippen molar-refractivity contribution in [3.05, 3.63) is 18.2 Å². The molecule has 0 unspecified atom stereocenters. The highest BCUT2D eigenvalue weighted by Gasteiger charge is 2.16. The van der Waals surface area contributed by atoms with E-state index in [4.69, 9.17) is 5.73 Å². The van der Waals surface area contributed by atoms with E-state index in [0.29, 0.717) is 17.4 Å². The lowest BCUT2D eigenvalue weighted by molar-refractivity contribution is 0.244. The minimum atomic E-state index is -0.147. The lowest BCUT2D eigenvalue weighted by atomic mass is 9.96. The van der Waals surface area contributed by atoms with E-state index in [1.165, 1.54) is 19.3 Å². The number of thioether (sulfide) groups is 1. The van der Waals surface area contributed by atoms with Gasteiger partial charge in [-0.15, -0.1) is 11.8 Å². The van der Waals surface area contributed by atoms with Crippen molar-refractivity contribution in [3.8, 4) is 0 Å². The first kappa shape index (κ1) is 16.0. The van der Waals surface area contributed by atoms with E-state index in [2.05, 4.69) is 17.6 Å². The van der Waals surface area contributed by atoms with Crippen LogP contribution in [0.15, 0.2) is 23.1 Å². The molecule has 1 saturated carbocycles. The van der Waals surface area contributed by atoms with Gasteiger partial charge in [0.25, 0.3) is 0 Å². The lowest BCUT2D eigenvalue weighted by Gasteiger charge is -2.23. The fraction of sp³-hybridized carbons (Fsp3) is 0.562. The summed E-state index contributed by atoms with van der Waals surface area (Å²) < 4.78 is 0. The smallest absolute Gasteiger partial charge is 0.319 e. The molecule has 0 saturated heterocycles. The van der Waals surface area contributed by atoms with Gasteiger partial charge in [-0.2, -0.15) is 0 Å².